The van der Waals surface area contributed by atoms with Crippen LogP contribution >= 0.6 is 0 Å². The predicted molar refractivity (Wildman–Crippen MR) is 89.8 cm³/mol. The first-order valence-corrected chi connectivity index (χ1v) is 9.05. The van der Waals surface area contributed by atoms with Gasteiger partial charge in [0.1, 0.15) is 5.58 Å². The summed E-state index contributed by atoms with van der Waals surface area (Å²) < 4.78 is 5.15. The van der Waals surface area contributed by atoms with E-state index < -0.39 is 5.63 Å². The van der Waals surface area contributed by atoms with Crippen LogP contribution in [-0.2, 0) is 9.59 Å². The van der Waals surface area contributed by atoms with Crippen molar-refractivity contribution in [2.45, 2.75) is 19.3 Å². The molecule has 5 nitrogen and oxygen atoms in total. The zero-order valence-electron chi connectivity index (χ0n) is 13.6. The number of imide groups is 1. The molecule has 5 fully saturated rings. The Hall–Kier alpha value is -2.43. The molecule has 0 N–H and O–H groups in total. The summed E-state index contributed by atoms with van der Waals surface area (Å²) in [6.45, 7) is 0. The van der Waals surface area contributed by atoms with Gasteiger partial charge in [-0.3, -0.25) is 14.5 Å². The molecule has 4 aliphatic carbocycles. The zero-order chi connectivity index (χ0) is 16.9. The molecule has 2 amide bonds. The number of carbonyl (C=O) groups is 2. The van der Waals surface area contributed by atoms with Gasteiger partial charge in [0.05, 0.1) is 17.5 Å². The van der Waals surface area contributed by atoms with Crippen molar-refractivity contribution in [3.05, 3.63) is 40.8 Å². The van der Waals surface area contributed by atoms with Gasteiger partial charge in [0.25, 0.3) is 0 Å². The molecule has 5 heteroatoms. The largest absolute Gasteiger partial charge is 0.423 e. The highest BCUT2D eigenvalue weighted by Gasteiger charge is 2.68. The molecule has 2 bridgehead atoms. The van der Waals surface area contributed by atoms with E-state index in [2.05, 4.69) is 0 Å². The molecule has 1 aliphatic heterocycles. The minimum absolute atomic E-state index is 0.0215. The van der Waals surface area contributed by atoms with Gasteiger partial charge in [-0.25, -0.2) is 4.79 Å². The van der Waals surface area contributed by atoms with Crippen LogP contribution in [-0.4, -0.2) is 11.8 Å². The topological polar surface area (TPSA) is 67.6 Å². The lowest BCUT2D eigenvalue weighted by atomic mass is 9.59. The van der Waals surface area contributed by atoms with Crippen LogP contribution in [0.25, 0.3) is 11.0 Å². The summed E-state index contributed by atoms with van der Waals surface area (Å²) in [5, 5.41) is 0.721. The Labute approximate surface area is 143 Å². The smallest absolute Gasteiger partial charge is 0.336 e. The van der Waals surface area contributed by atoms with Crippen LogP contribution < -0.4 is 10.5 Å². The Bertz CT molecular complexity index is 974. The van der Waals surface area contributed by atoms with E-state index in [-0.39, 0.29) is 23.7 Å². The van der Waals surface area contributed by atoms with Gasteiger partial charge >= 0.3 is 5.63 Å². The van der Waals surface area contributed by atoms with Crippen LogP contribution in [0, 0.1) is 35.5 Å². The first-order chi connectivity index (χ1) is 12.1. The molecule has 4 saturated carbocycles. The van der Waals surface area contributed by atoms with E-state index in [1.165, 1.54) is 17.4 Å². The number of fused-ring (bicyclic) bond motifs is 2. The van der Waals surface area contributed by atoms with E-state index in [0.29, 0.717) is 34.9 Å². The lowest BCUT2D eigenvalue weighted by molar-refractivity contribution is -0.129. The van der Waals surface area contributed by atoms with Gasteiger partial charge in [-0.2, -0.15) is 0 Å². The lowest BCUT2D eigenvalue weighted by Gasteiger charge is -2.42. The third-order valence-corrected chi connectivity index (χ3v) is 7.01. The molecule has 126 valence electrons. The summed E-state index contributed by atoms with van der Waals surface area (Å²) in [4.78, 5) is 39.0. The second-order valence-electron chi connectivity index (χ2n) is 8.01. The number of nitrogens with zero attached hydrogens (tertiary/aromatic N) is 1. The summed E-state index contributed by atoms with van der Waals surface area (Å²) >= 11 is 0. The van der Waals surface area contributed by atoms with Crippen LogP contribution in [0.5, 0.6) is 0 Å². The number of carbonyl (C=O) groups excluding carboxylic acids is 2. The summed E-state index contributed by atoms with van der Waals surface area (Å²) in [5.41, 5.74) is 0.656. The van der Waals surface area contributed by atoms with Crippen LogP contribution in [0.15, 0.2) is 39.5 Å². The van der Waals surface area contributed by atoms with Gasteiger partial charge in [-0.05, 0) is 67.2 Å². The summed E-state index contributed by atoms with van der Waals surface area (Å²) in [6, 6.07) is 8.17. The van der Waals surface area contributed by atoms with Crippen molar-refractivity contribution in [3.63, 3.8) is 0 Å². The van der Waals surface area contributed by atoms with E-state index >= 15 is 0 Å². The Morgan fingerprint density at radius 2 is 1.52 bits per heavy atom. The molecule has 2 aromatic rings. The van der Waals surface area contributed by atoms with Gasteiger partial charge in [-0.15, -0.1) is 0 Å². The fourth-order valence-corrected chi connectivity index (χ4v) is 5.99. The molecule has 1 aromatic carbocycles. The van der Waals surface area contributed by atoms with Crippen molar-refractivity contribution in [1.29, 1.82) is 0 Å². The highest BCUT2D eigenvalue weighted by Crippen LogP contribution is 2.68. The van der Waals surface area contributed by atoms with E-state index in [1.807, 2.05) is 0 Å². The summed E-state index contributed by atoms with van der Waals surface area (Å²) in [6.07, 6.45) is 3.42. The van der Waals surface area contributed by atoms with E-state index in [0.717, 1.165) is 18.2 Å². The second kappa shape index (κ2) is 4.40. The van der Waals surface area contributed by atoms with Gasteiger partial charge < -0.3 is 4.42 Å². The fraction of sp³-hybridized carbons (Fsp3) is 0.450. The third-order valence-electron chi connectivity index (χ3n) is 7.01. The van der Waals surface area contributed by atoms with Gasteiger partial charge in [0.2, 0.25) is 11.8 Å². The van der Waals surface area contributed by atoms with Crippen molar-refractivity contribution >= 4 is 28.5 Å². The lowest BCUT2D eigenvalue weighted by Crippen LogP contribution is -2.43. The average molecular weight is 335 g/mol. The number of hydrogen-bond acceptors (Lipinski definition) is 4. The van der Waals surface area contributed by atoms with Crippen LogP contribution in [0.4, 0.5) is 5.69 Å². The number of benzene rings is 1. The monoisotopic (exact) mass is 335 g/mol. The Morgan fingerprint density at radius 1 is 0.840 bits per heavy atom. The first kappa shape index (κ1) is 13.8. The molecule has 1 saturated heterocycles. The minimum Gasteiger partial charge on any atom is -0.423 e. The number of amides is 2. The Morgan fingerprint density at radius 3 is 2.20 bits per heavy atom. The molecule has 1 aromatic heterocycles. The molecule has 0 radical (unpaired) electrons. The maximum Gasteiger partial charge on any atom is 0.336 e. The van der Waals surface area contributed by atoms with Crippen molar-refractivity contribution in [2.24, 2.45) is 35.5 Å². The molecule has 6 atom stereocenters. The molecule has 6 unspecified atom stereocenters. The summed E-state index contributed by atoms with van der Waals surface area (Å²) in [5.74, 6) is 1.90. The average Bonchev–Trinajstić information content (AvgIpc) is 3.39. The van der Waals surface area contributed by atoms with Gasteiger partial charge in [-0.1, -0.05) is 0 Å². The Balaban J connectivity index is 1.45. The minimum atomic E-state index is -0.407. The molecular weight excluding hydrogens is 318 g/mol. The van der Waals surface area contributed by atoms with Crippen molar-refractivity contribution in [1.82, 2.24) is 0 Å². The van der Waals surface area contributed by atoms with Crippen molar-refractivity contribution in [2.75, 3.05) is 4.90 Å². The molecule has 7 rings (SSSR count). The van der Waals surface area contributed by atoms with Crippen LogP contribution in [0.1, 0.15) is 19.3 Å². The molecule has 5 aliphatic rings. The molecular formula is C20H17NO4. The number of anilines is 1. The second-order valence-corrected chi connectivity index (χ2v) is 8.01. The van der Waals surface area contributed by atoms with Gasteiger partial charge in [0, 0.05) is 11.5 Å². The molecule has 0 spiro atoms. The zero-order valence-corrected chi connectivity index (χ0v) is 13.6. The van der Waals surface area contributed by atoms with E-state index in [1.54, 1.807) is 24.3 Å². The highest BCUT2D eigenvalue weighted by molar-refractivity contribution is 6.22. The highest BCUT2D eigenvalue weighted by atomic mass is 16.4. The molecule has 2 heterocycles. The number of hydrogen-bond donors (Lipinski definition) is 0. The van der Waals surface area contributed by atoms with Gasteiger partial charge in [0.15, 0.2) is 0 Å². The van der Waals surface area contributed by atoms with Crippen molar-refractivity contribution < 1.29 is 14.0 Å². The van der Waals surface area contributed by atoms with Crippen LogP contribution in [0.2, 0.25) is 0 Å². The standard InChI is InChI=1S/C20H17NO4/c22-16-6-1-9-7-10(2-5-15(9)25-16)21-19(23)17-11-3-4-12(14-8-13(11)14)18(17)20(21)24/h1-2,5-7,11-14,17-18H,3-4,8H2. The molecule has 25 heavy (non-hydrogen) atoms. The maximum atomic E-state index is 13.1. The quantitative estimate of drug-likeness (QED) is 0.593. The van der Waals surface area contributed by atoms with E-state index in [4.69, 9.17) is 4.42 Å². The third kappa shape index (κ3) is 1.66. The number of rotatable bonds is 1. The Kier molecular flexibility index (Phi) is 2.43. The van der Waals surface area contributed by atoms with Crippen molar-refractivity contribution in [3.8, 4) is 0 Å². The van der Waals surface area contributed by atoms with Crippen LogP contribution in [0.3, 0.4) is 0 Å². The maximum absolute atomic E-state index is 13.1. The summed E-state index contributed by atoms with van der Waals surface area (Å²) in [7, 11) is 0. The first-order valence-electron chi connectivity index (χ1n) is 9.05. The fourth-order valence-electron chi connectivity index (χ4n) is 5.99. The SMILES string of the molecule is O=C1C2C3CCC(C4CC43)C2C(=O)N1c1ccc2oc(=O)ccc2c1. The normalized spacial score (nSPS) is 38.2. The predicted octanol–water partition coefficient (Wildman–Crippen LogP) is 2.57. The van der Waals surface area contributed by atoms with E-state index in [9.17, 15) is 14.4 Å².